The molecule has 334 valence electrons. The third-order valence-electron chi connectivity index (χ3n) is 12.3. The fraction of sp³-hybridized carbons (Fsp3) is 0.115. The maximum Gasteiger partial charge on any atom is 0.255 e. The van der Waals surface area contributed by atoms with Crippen molar-refractivity contribution in [3.05, 3.63) is 171 Å². The molecule has 13 nitrogen and oxygen atoms in total. The molecule has 16 heteroatoms. The lowest BCUT2D eigenvalue weighted by Gasteiger charge is -2.15. The van der Waals surface area contributed by atoms with Gasteiger partial charge in [-0.05, 0) is 156 Å². The van der Waals surface area contributed by atoms with E-state index in [1.165, 1.54) is 46.8 Å². The normalized spacial score (nSPS) is 13.5. The van der Waals surface area contributed by atoms with E-state index < -0.39 is 0 Å². The molecule has 10 aromatic rings. The van der Waals surface area contributed by atoms with Crippen LogP contribution in [0.15, 0.2) is 145 Å². The van der Waals surface area contributed by atoms with Crippen molar-refractivity contribution < 1.29 is 9.59 Å². The number of halogens is 1. The number of imidazole rings is 2. The quantitative estimate of drug-likeness (QED) is 0.0557. The minimum absolute atomic E-state index is 0.188. The van der Waals surface area contributed by atoms with E-state index in [0.29, 0.717) is 34.3 Å². The molecule has 0 spiro atoms. The Morgan fingerprint density at radius 3 is 1.90 bits per heavy atom. The first-order chi connectivity index (χ1) is 33.3. The summed E-state index contributed by atoms with van der Waals surface area (Å²) in [6, 6.07) is 36.5. The van der Waals surface area contributed by atoms with E-state index in [-0.39, 0.29) is 11.8 Å². The first kappa shape index (κ1) is 42.0. The summed E-state index contributed by atoms with van der Waals surface area (Å²) in [4.78, 5) is 45.7. The Bertz CT molecular complexity index is 3570. The summed E-state index contributed by atoms with van der Waals surface area (Å²) >= 11 is 5.34. The number of anilines is 7. The van der Waals surface area contributed by atoms with Gasteiger partial charge in [0.05, 0.1) is 40.8 Å². The van der Waals surface area contributed by atoms with E-state index in [9.17, 15) is 9.59 Å². The van der Waals surface area contributed by atoms with Crippen molar-refractivity contribution in [2.24, 2.45) is 0 Å². The van der Waals surface area contributed by atoms with Crippen LogP contribution in [-0.2, 0) is 0 Å². The van der Waals surface area contributed by atoms with Crippen LogP contribution in [-0.4, -0.2) is 40.6 Å². The Labute approximate surface area is 411 Å². The van der Waals surface area contributed by atoms with Crippen LogP contribution >= 0.6 is 45.3 Å². The lowest BCUT2D eigenvalue weighted by Crippen LogP contribution is -2.13. The molecule has 6 N–H and O–H groups in total. The number of rotatable bonds is 13. The van der Waals surface area contributed by atoms with Gasteiger partial charge < -0.3 is 27.0 Å². The number of hydrogen-bond acceptors (Lipinski definition) is 11. The number of fused-ring (bicyclic) bond motifs is 2. The Kier molecular flexibility index (Phi) is 10.7. The molecule has 0 unspecified atom stereocenters. The van der Waals surface area contributed by atoms with Crippen molar-refractivity contribution >= 4 is 107 Å². The van der Waals surface area contributed by atoms with Crippen molar-refractivity contribution in [2.75, 3.05) is 27.0 Å². The largest absolute Gasteiger partial charge is 0.397 e. The third kappa shape index (κ3) is 8.35. The van der Waals surface area contributed by atoms with Gasteiger partial charge in [0.1, 0.15) is 22.7 Å². The highest BCUT2D eigenvalue weighted by Crippen LogP contribution is 2.46. The first-order valence-electron chi connectivity index (χ1n) is 22.2. The van der Waals surface area contributed by atoms with E-state index in [1.54, 1.807) is 24.3 Å². The van der Waals surface area contributed by atoms with Gasteiger partial charge in [-0.2, -0.15) is 0 Å². The zero-order valence-corrected chi connectivity index (χ0v) is 39.9. The monoisotopic (exact) mass is 1040 g/mol. The van der Waals surface area contributed by atoms with Crippen molar-refractivity contribution in [2.45, 2.75) is 37.5 Å². The highest BCUT2D eigenvalue weighted by Gasteiger charge is 2.31. The van der Waals surface area contributed by atoms with Crippen LogP contribution in [0.3, 0.4) is 0 Å². The standard InChI is InChI=1S/C52H40IN11O2S2/c53-38-23-33(13-20-40(38)59-49(65)31-9-15-35(16-10-31)57-51-61-42(27-67-51)44-24-55-46-21-14-34(26-63(44)46)29-5-6-29)37-19-22-47-56-25-45(64(47)48(37)30-7-8-30)43-28-68-52(62-43)58-36-17-11-32(12-18-36)50(66)60-41-4-2-1-3-39(41)54/h1-4,9-30H,5-8,54H2,(H,57,61)(H,58,62)(H,59,65)(H,60,66). The number of para-hydroxylation sites is 2. The van der Waals surface area contributed by atoms with Crippen molar-refractivity contribution in [1.29, 1.82) is 0 Å². The Morgan fingerprint density at radius 2 is 1.25 bits per heavy atom. The predicted molar refractivity (Wildman–Crippen MR) is 281 cm³/mol. The van der Waals surface area contributed by atoms with E-state index in [2.05, 4.69) is 100 Å². The minimum atomic E-state index is -0.238. The lowest BCUT2D eigenvalue weighted by atomic mass is 10.0. The summed E-state index contributed by atoms with van der Waals surface area (Å²) in [6.07, 6.45) is 10.6. The molecule has 6 aromatic heterocycles. The molecule has 0 bridgehead atoms. The van der Waals surface area contributed by atoms with Crippen LogP contribution in [0.2, 0.25) is 0 Å². The number of benzene rings is 4. The summed E-state index contributed by atoms with van der Waals surface area (Å²) in [7, 11) is 0. The molecule has 4 aromatic carbocycles. The molecule has 0 radical (unpaired) electrons. The topological polar surface area (TPSA) is 169 Å². The Morgan fingerprint density at radius 1 is 0.647 bits per heavy atom. The number of thiazole rings is 2. The van der Waals surface area contributed by atoms with Gasteiger partial charge in [-0.15, -0.1) is 22.7 Å². The highest BCUT2D eigenvalue weighted by molar-refractivity contribution is 14.1. The van der Waals surface area contributed by atoms with E-state index >= 15 is 0 Å². The van der Waals surface area contributed by atoms with Gasteiger partial charge in [-0.3, -0.25) is 18.4 Å². The molecule has 0 atom stereocenters. The molecule has 2 fully saturated rings. The highest BCUT2D eigenvalue weighted by atomic mass is 127. The molecule has 68 heavy (non-hydrogen) atoms. The number of hydrogen-bond donors (Lipinski definition) is 5. The first-order valence-corrected chi connectivity index (χ1v) is 25.0. The summed E-state index contributed by atoms with van der Waals surface area (Å²) in [6.45, 7) is 0. The van der Waals surface area contributed by atoms with Crippen molar-refractivity contribution in [3.63, 3.8) is 0 Å². The smallest absolute Gasteiger partial charge is 0.255 e. The molecule has 2 saturated carbocycles. The number of pyridine rings is 2. The van der Waals surface area contributed by atoms with Crippen LogP contribution < -0.4 is 27.0 Å². The maximum atomic E-state index is 13.6. The molecule has 2 amide bonds. The van der Waals surface area contributed by atoms with Crippen molar-refractivity contribution in [3.8, 4) is 33.9 Å². The van der Waals surface area contributed by atoms with E-state index in [1.807, 2.05) is 77.8 Å². The Hall–Kier alpha value is -7.41. The van der Waals surface area contributed by atoms with E-state index in [4.69, 9.17) is 20.7 Å². The average molecular weight is 1040 g/mol. The van der Waals surface area contributed by atoms with Crippen LogP contribution in [0.25, 0.3) is 45.2 Å². The van der Waals surface area contributed by atoms with Crippen molar-refractivity contribution in [1.82, 2.24) is 28.7 Å². The fourth-order valence-electron chi connectivity index (χ4n) is 8.47. The molecular weight excluding hydrogens is 1000 g/mol. The SMILES string of the molecule is Nc1ccccc1NC(=O)c1ccc(Nc2nc(-c3cnc4ccc(-c5ccc(NC(=O)c6ccc(Nc7nc(-c8cnc9ccc(C%10CC%10)cn89)cs7)cc6)c(I)c5)c(C5CC5)n34)cs2)cc1. The third-order valence-corrected chi connectivity index (χ3v) is 14.7. The second-order valence-electron chi connectivity index (χ2n) is 17.0. The lowest BCUT2D eigenvalue weighted by molar-refractivity contribution is 0.101. The van der Waals surface area contributed by atoms with Gasteiger partial charge in [-0.1, -0.05) is 24.3 Å². The molecule has 0 saturated heterocycles. The van der Waals surface area contributed by atoms with Crippen LogP contribution in [0.4, 0.5) is 38.7 Å². The van der Waals surface area contributed by atoms with Gasteiger partial charge in [0.2, 0.25) is 0 Å². The number of carbonyl (C=O) groups excluding carboxylic acids is 2. The molecule has 12 rings (SSSR count). The minimum Gasteiger partial charge on any atom is -0.397 e. The summed E-state index contributed by atoms with van der Waals surface area (Å²) in [5.41, 5.74) is 20.6. The number of amides is 2. The number of aromatic nitrogens is 6. The molecule has 0 aliphatic heterocycles. The van der Waals surface area contributed by atoms with Gasteiger partial charge in [-0.25, -0.2) is 19.9 Å². The van der Waals surface area contributed by atoms with Gasteiger partial charge >= 0.3 is 0 Å². The zero-order chi connectivity index (χ0) is 45.9. The summed E-state index contributed by atoms with van der Waals surface area (Å²) in [5, 5.41) is 18.4. The second-order valence-corrected chi connectivity index (χ2v) is 19.9. The predicted octanol–water partition coefficient (Wildman–Crippen LogP) is 12.8. The van der Waals surface area contributed by atoms with Crippen LogP contribution in [0.1, 0.15) is 69.5 Å². The number of nitrogens with one attached hydrogen (secondary N) is 4. The molecular formula is C52H40IN11O2S2. The second kappa shape index (κ2) is 17.3. The zero-order valence-electron chi connectivity index (χ0n) is 36.1. The van der Waals surface area contributed by atoms with Crippen LogP contribution in [0.5, 0.6) is 0 Å². The number of nitrogens with zero attached hydrogens (tertiary/aromatic N) is 6. The number of nitrogen functional groups attached to an aromatic ring is 1. The number of nitrogens with two attached hydrogens (primary N) is 1. The summed E-state index contributed by atoms with van der Waals surface area (Å²) in [5.74, 6) is 0.615. The van der Waals surface area contributed by atoms with Gasteiger partial charge in [0.15, 0.2) is 10.3 Å². The van der Waals surface area contributed by atoms with Gasteiger partial charge in [0, 0.05) is 60.2 Å². The summed E-state index contributed by atoms with van der Waals surface area (Å²) < 4.78 is 5.31. The molecule has 2 aliphatic rings. The van der Waals surface area contributed by atoms with Crippen LogP contribution in [0, 0.1) is 3.57 Å². The number of carbonyl (C=O) groups is 2. The molecule has 2 aliphatic carbocycles. The van der Waals surface area contributed by atoms with E-state index in [0.717, 1.165) is 88.9 Å². The average Bonchev–Trinajstić information content (AvgIpc) is 4.18. The Balaban J connectivity index is 0.721. The fourth-order valence-corrected chi connectivity index (χ4v) is 10.6. The van der Waals surface area contributed by atoms with Gasteiger partial charge in [0.25, 0.3) is 11.8 Å². The molecule has 6 heterocycles. The maximum absolute atomic E-state index is 13.6.